The van der Waals surface area contributed by atoms with E-state index in [9.17, 15) is 10.1 Å². The third-order valence-electron chi connectivity index (χ3n) is 1.60. The molecule has 6 nitrogen and oxygen atoms in total. The lowest BCUT2D eigenvalue weighted by molar-refractivity contribution is -0.395. The van der Waals surface area contributed by atoms with Crippen molar-refractivity contribution in [1.82, 2.24) is 10.1 Å². The standard InChI is InChI=1S/C8H5N3O3/c12-11(13)8-9-7(14-10-8)6-4-2-1-3-5-6/h1-5H. The fourth-order valence-corrected chi connectivity index (χ4v) is 0.988. The van der Waals surface area contributed by atoms with Gasteiger partial charge in [0.25, 0.3) is 0 Å². The van der Waals surface area contributed by atoms with Crippen LogP contribution in [0.1, 0.15) is 0 Å². The summed E-state index contributed by atoms with van der Waals surface area (Å²) in [5, 5.41) is 13.5. The van der Waals surface area contributed by atoms with Gasteiger partial charge in [-0.2, -0.15) is 0 Å². The Hall–Kier alpha value is -2.24. The largest absolute Gasteiger partial charge is 0.510 e. The number of aromatic nitrogens is 2. The van der Waals surface area contributed by atoms with Gasteiger partial charge in [-0.15, -0.1) is 0 Å². The van der Waals surface area contributed by atoms with E-state index < -0.39 is 10.9 Å². The SMILES string of the molecule is O=[N+]([O-])c1noc(-c2ccccc2)n1. The Balaban J connectivity index is 2.39. The summed E-state index contributed by atoms with van der Waals surface area (Å²) in [4.78, 5) is 13.2. The zero-order valence-electron chi connectivity index (χ0n) is 6.95. The van der Waals surface area contributed by atoms with Crippen molar-refractivity contribution >= 4 is 5.95 Å². The molecular formula is C8H5N3O3. The highest BCUT2D eigenvalue weighted by molar-refractivity contribution is 5.52. The molecule has 1 aromatic heterocycles. The van der Waals surface area contributed by atoms with E-state index in [0.717, 1.165) is 0 Å². The van der Waals surface area contributed by atoms with Crippen molar-refractivity contribution in [2.45, 2.75) is 0 Å². The van der Waals surface area contributed by atoms with E-state index >= 15 is 0 Å². The first kappa shape index (κ1) is 8.36. The highest BCUT2D eigenvalue weighted by atomic mass is 16.6. The molecule has 0 fully saturated rings. The van der Waals surface area contributed by atoms with E-state index in [2.05, 4.69) is 10.1 Å². The van der Waals surface area contributed by atoms with Crippen LogP contribution >= 0.6 is 0 Å². The van der Waals surface area contributed by atoms with Crippen LogP contribution in [0.25, 0.3) is 11.5 Å². The number of hydrogen-bond donors (Lipinski definition) is 0. The van der Waals surface area contributed by atoms with Gasteiger partial charge in [-0.3, -0.25) is 0 Å². The molecule has 0 aliphatic heterocycles. The summed E-state index contributed by atoms with van der Waals surface area (Å²) in [5.74, 6) is -0.374. The third kappa shape index (κ3) is 1.45. The molecule has 2 aromatic rings. The topological polar surface area (TPSA) is 82.1 Å². The molecule has 14 heavy (non-hydrogen) atoms. The van der Waals surface area contributed by atoms with Crippen molar-refractivity contribution in [3.05, 3.63) is 40.4 Å². The second-order valence-electron chi connectivity index (χ2n) is 2.52. The molecule has 0 aliphatic rings. The molecule has 0 unspecified atom stereocenters. The van der Waals surface area contributed by atoms with Crippen molar-refractivity contribution in [3.63, 3.8) is 0 Å². The lowest BCUT2D eigenvalue weighted by atomic mass is 10.2. The summed E-state index contributed by atoms with van der Waals surface area (Å²) in [6.45, 7) is 0. The molecule has 0 spiro atoms. The average molecular weight is 191 g/mol. The Morgan fingerprint density at radius 1 is 1.29 bits per heavy atom. The molecule has 0 N–H and O–H groups in total. The van der Waals surface area contributed by atoms with Crippen molar-refractivity contribution in [1.29, 1.82) is 0 Å². The van der Waals surface area contributed by atoms with E-state index in [1.807, 2.05) is 6.07 Å². The van der Waals surface area contributed by atoms with Crippen LogP contribution in [0, 0.1) is 10.1 Å². The normalized spacial score (nSPS) is 10.0. The second-order valence-corrected chi connectivity index (χ2v) is 2.52. The fourth-order valence-electron chi connectivity index (χ4n) is 0.988. The first-order valence-electron chi connectivity index (χ1n) is 3.81. The van der Waals surface area contributed by atoms with Gasteiger partial charge in [-0.05, 0) is 22.0 Å². The lowest BCUT2D eigenvalue weighted by Gasteiger charge is -1.86. The minimum Gasteiger partial charge on any atom is -0.390 e. The van der Waals surface area contributed by atoms with Gasteiger partial charge in [0.2, 0.25) is 0 Å². The van der Waals surface area contributed by atoms with Gasteiger partial charge in [0.1, 0.15) is 5.16 Å². The van der Waals surface area contributed by atoms with E-state index in [-0.39, 0.29) is 5.89 Å². The predicted octanol–water partition coefficient (Wildman–Crippen LogP) is 1.64. The van der Waals surface area contributed by atoms with Crippen LogP contribution in [0.4, 0.5) is 5.95 Å². The van der Waals surface area contributed by atoms with E-state index in [0.29, 0.717) is 5.56 Å². The predicted molar refractivity (Wildman–Crippen MR) is 46.4 cm³/mol. The van der Waals surface area contributed by atoms with Crippen molar-refractivity contribution < 1.29 is 9.45 Å². The molecule has 2 rings (SSSR count). The quantitative estimate of drug-likeness (QED) is 0.532. The fraction of sp³-hybridized carbons (Fsp3) is 0. The molecule has 70 valence electrons. The van der Waals surface area contributed by atoms with Crippen molar-refractivity contribution in [3.8, 4) is 11.5 Å². The Labute approximate surface area is 78.3 Å². The van der Waals surface area contributed by atoms with Crippen LogP contribution in [0.3, 0.4) is 0 Å². The van der Waals surface area contributed by atoms with Gasteiger partial charge < -0.3 is 10.1 Å². The maximum Gasteiger partial charge on any atom is 0.510 e. The van der Waals surface area contributed by atoms with Crippen LogP contribution < -0.4 is 0 Å². The highest BCUT2D eigenvalue weighted by Crippen LogP contribution is 2.18. The first-order chi connectivity index (χ1) is 6.77. The maximum atomic E-state index is 10.3. The van der Waals surface area contributed by atoms with Gasteiger partial charge in [-0.1, -0.05) is 18.2 Å². The molecule has 0 saturated heterocycles. The van der Waals surface area contributed by atoms with Crippen LogP contribution in [0.15, 0.2) is 34.9 Å². The molecule has 0 saturated carbocycles. The molecule has 0 radical (unpaired) electrons. The van der Waals surface area contributed by atoms with Crippen LogP contribution in [-0.2, 0) is 0 Å². The number of nitro groups is 1. The molecular weight excluding hydrogens is 186 g/mol. The number of benzene rings is 1. The molecule has 1 aromatic carbocycles. The Bertz CT molecular complexity index is 452. The van der Waals surface area contributed by atoms with Gasteiger partial charge in [0.15, 0.2) is 0 Å². The minimum absolute atomic E-state index is 0.150. The molecule has 1 heterocycles. The zero-order chi connectivity index (χ0) is 9.97. The summed E-state index contributed by atoms with van der Waals surface area (Å²) in [5.41, 5.74) is 0.660. The molecule has 0 aliphatic carbocycles. The van der Waals surface area contributed by atoms with Gasteiger partial charge in [0.05, 0.1) is 5.56 Å². The van der Waals surface area contributed by atoms with Crippen molar-refractivity contribution in [2.24, 2.45) is 0 Å². The van der Waals surface area contributed by atoms with E-state index in [1.165, 1.54) is 0 Å². The van der Waals surface area contributed by atoms with Crippen LogP contribution in [-0.4, -0.2) is 15.1 Å². The highest BCUT2D eigenvalue weighted by Gasteiger charge is 2.19. The van der Waals surface area contributed by atoms with E-state index in [4.69, 9.17) is 4.52 Å². The molecule has 0 atom stereocenters. The van der Waals surface area contributed by atoms with Crippen molar-refractivity contribution in [2.75, 3.05) is 0 Å². The maximum absolute atomic E-state index is 10.3. The molecule has 0 bridgehead atoms. The monoisotopic (exact) mass is 191 g/mol. The average Bonchev–Trinajstić information content (AvgIpc) is 2.68. The first-order valence-corrected chi connectivity index (χ1v) is 3.81. The summed E-state index contributed by atoms with van der Waals surface area (Å²) in [6.07, 6.45) is 0. The molecule has 6 heteroatoms. The van der Waals surface area contributed by atoms with Crippen LogP contribution in [0.5, 0.6) is 0 Å². The molecule has 0 amide bonds. The summed E-state index contributed by atoms with van der Waals surface area (Å²) >= 11 is 0. The summed E-state index contributed by atoms with van der Waals surface area (Å²) in [7, 11) is 0. The lowest BCUT2D eigenvalue weighted by Crippen LogP contribution is -1.89. The van der Waals surface area contributed by atoms with E-state index in [1.54, 1.807) is 24.3 Å². The second kappa shape index (κ2) is 3.25. The third-order valence-corrected chi connectivity index (χ3v) is 1.60. The van der Waals surface area contributed by atoms with Gasteiger partial charge >= 0.3 is 11.8 Å². The van der Waals surface area contributed by atoms with Gasteiger partial charge in [0, 0.05) is 0 Å². The number of nitrogens with zero attached hydrogens (tertiary/aromatic N) is 3. The number of hydrogen-bond acceptors (Lipinski definition) is 5. The summed E-state index contributed by atoms with van der Waals surface area (Å²) in [6, 6.07) is 8.86. The Kier molecular flexibility index (Phi) is 1.94. The van der Waals surface area contributed by atoms with Crippen LogP contribution in [0.2, 0.25) is 0 Å². The number of rotatable bonds is 2. The zero-order valence-corrected chi connectivity index (χ0v) is 6.95. The summed E-state index contributed by atoms with van der Waals surface area (Å²) < 4.78 is 4.71. The Morgan fingerprint density at radius 2 is 2.00 bits per heavy atom. The smallest absolute Gasteiger partial charge is 0.390 e. The minimum atomic E-state index is -0.698. The Morgan fingerprint density at radius 3 is 2.57 bits per heavy atom. The van der Waals surface area contributed by atoms with Gasteiger partial charge in [-0.25, -0.2) is 4.52 Å².